The van der Waals surface area contributed by atoms with Crippen LogP contribution in [-0.2, 0) is 25.4 Å². The zero-order valence-corrected chi connectivity index (χ0v) is 22.4. The lowest BCUT2D eigenvalue weighted by molar-refractivity contribution is -0.143. The van der Waals surface area contributed by atoms with Gasteiger partial charge in [0.2, 0.25) is 5.96 Å². The van der Waals surface area contributed by atoms with Gasteiger partial charge in [0.25, 0.3) is 0 Å². The van der Waals surface area contributed by atoms with Crippen LogP contribution in [0.4, 0.5) is 32.2 Å². The molecule has 40 heavy (non-hydrogen) atoms. The third-order valence-electron chi connectivity index (χ3n) is 6.50. The van der Waals surface area contributed by atoms with Gasteiger partial charge in [0.15, 0.2) is 0 Å². The summed E-state index contributed by atoms with van der Waals surface area (Å²) in [6.07, 6.45) is -7.98. The van der Waals surface area contributed by atoms with Crippen LogP contribution < -0.4 is 15.9 Å². The second-order valence-electron chi connectivity index (χ2n) is 9.55. The van der Waals surface area contributed by atoms with E-state index in [1.54, 1.807) is 11.9 Å². The van der Waals surface area contributed by atoms with E-state index in [9.17, 15) is 26.3 Å². The first-order valence-electron chi connectivity index (χ1n) is 12.9. The van der Waals surface area contributed by atoms with Gasteiger partial charge in [-0.2, -0.15) is 26.3 Å². The number of hydrazone groups is 1. The van der Waals surface area contributed by atoms with Gasteiger partial charge in [0.05, 0.1) is 16.6 Å². The van der Waals surface area contributed by atoms with E-state index in [0.29, 0.717) is 12.4 Å². The summed E-state index contributed by atoms with van der Waals surface area (Å²) in [5.74, 6) is 0.948. The van der Waals surface area contributed by atoms with Gasteiger partial charge in [-0.25, -0.2) is 10.1 Å². The van der Waals surface area contributed by atoms with Gasteiger partial charge in [-0.15, -0.1) is 10.6 Å². The second-order valence-corrected chi connectivity index (χ2v) is 9.55. The van der Waals surface area contributed by atoms with E-state index in [2.05, 4.69) is 27.9 Å². The number of pyridine rings is 1. The molecule has 1 aromatic heterocycles. The smallest absolute Gasteiger partial charge is 0.357 e. The van der Waals surface area contributed by atoms with Crippen molar-refractivity contribution in [3.8, 4) is 0 Å². The Morgan fingerprint density at radius 2 is 1.55 bits per heavy atom. The Morgan fingerprint density at radius 3 is 2.12 bits per heavy atom. The summed E-state index contributed by atoms with van der Waals surface area (Å²) >= 11 is 0. The van der Waals surface area contributed by atoms with Crippen molar-refractivity contribution in [1.82, 2.24) is 26.0 Å². The summed E-state index contributed by atoms with van der Waals surface area (Å²) in [5.41, 5.74) is 4.26. The summed E-state index contributed by atoms with van der Waals surface area (Å²) in [6, 6.07) is 11.1. The maximum Gasteiger partial charge on any atom is 0.416 e. The number of hydrogen-bond donors (Lipinski definition) is 2. The monoisotopic (exact) mass is 567 g/mol. The standard InChI is InChI=1S/C27H31F6N7/c1-4-6-11-39(5-2)24-20(14-19-9-7-8-10-23(19)34-24)17-40(25-35-37-38(3)36-25)16-18-12-21(26(28,29)30)15-22(13-18)27(31,32)33/h7-10,12-15,37H,4-6,11,16-17H2,1-3H3,(H,35,36). The summed E-state index contributed by atoms with van der Waals surface area (Å²) in [6.45, 7) is 5.36. The summed E-state index contributed by atoms with van der Waals surface area (Å²) in [4.78, 5) is 8.63. The fourth-order valence-corrected chi connectivity index (χ4v) is 4.51. The number of benzene rings is 2. The van der Waals surface area contributed by atoms with Crippen LogP contribution in [0.5, 0.6) is 0 Å². The van der Waals surface area contributed by atoms with Gasteiger partial charge in [-0.3, -0.25) is 5.43 Å². The van der Waals surface area contributed by atoms with Crippen LogP contribution in [0.15, 0.2) is 53.6 Å². The van der Waals surface area contributed by atoms with Crippen molar-refractivity contribution in [2.75, 3.05) is 25.0 Å². The molecule has 1 aliphatic rings. The maximum atomic E-state index is 13.6. The lowest BCUT2D eigenvalue weighted by Crippen LogP contribution is -2.44. The van der Waals surface area contributed by atoms with Crippen LogP contribution in [0.25, 0.3) is 10.9 Å². The molecule has 1 aliphatic heterocycles. The molecule has 2 aromatic carbocycles. The molecule has 2 heterocycles. The molecule has 0 aliphatic carbocycles. The molecule has 0 spiro atoms. The topological polar surface area (TPSA) is 59.0 Å². The van der Waals surface area contributed by atoms with Gasteiger partial charge in [0, 0.05) is 44.2 Å². The Balaban J connectivity index is 1.79. The van der Waals surface area contributed by atoms with Crippen molar-refractivity contribution in [3.05, 3.63) is 70.8 Å². The Bertz CT molecular complexity index is 1320. The molecule has 0 saturated carbocycles. The lowest BCUT2D eigenvalue weighted by atomic mass is 10.0. The average molecular weight is 568 g/mol. The molecule has 4 rings (SSSR count). The number of unbranched alkanes of at least 4 members (excludes halogenated alkanes) is 1. The fraction of sp³-hybridized carbons (Fsp3) is 0.407. The highest BCUT2D eigenvalue weighted by atomic mass is 19.4. The number of guanidine groups is 1. The first-order chi connectivity index (χ1) is 18.9. The minimum atomic E-state index is -4.94. The highest BCUT2D eigenvalue weighted by Gasteiger charge is 2.37. The second kappa shape index (κ2) is 11.8. The molecule has 7 nitrogen and oxygen atoms in total. The Morgan fingerprint density at radius 1 is 0.875 bits per heavy atom. The number of rotatable bonds is 9. The van der Waals surface area contributed by atoms with Crippen LogP contribution in [0.2, 0.25) is 0 Å². The molecule has 0 unspecified atom stereocenters. The summed E-state index contributed by atoms with van der Waals surface area (Å²) < 4.78 is 81.3. The summed E-state index contributed by atoms with van der Waals surface area (Å²) in [7, 11) is 1.61. The molecule has 216 valence electrons. The molecule has 2 N–H and O–H groups in total. The van der Waals surface area contributed by atoms with Crippen LogP contribution in [0.3, 0.4) is 0 Å². The predicted molar refractivity (Wildman–Crippen MR) is 142 cm³/mol. The number of hydrazine groups is 2. The molecule has 0 fully saturated rings. The van der Waals surface area contributed by atoms with Crippen molar-refractivity contribution in [3.63, 3.8) is 0 Å². The predicted octanol–water partition coefficient (Wildman–Crippen LogP) is 6.13. The SMILES string of the molecule is CCCCN(CC)c1nc2ccccc2cc1CN(Cc1cc(C(F)(F)F)cc(C(F)(F)F)c1)C1=NN(C)NN1. The minimum absolute atomic E-state index is 0.120. The molecule has 0 radical (unpaired) electrons. The van der Waals surface area contributed by atoms with E-state index in [1.807, 2.05) is 37.3 Å². The molecule has 0 atom stereocenters. The highest BCUT2D eigenvalue weighted by molar-refractivity contribution is 5.83. The van der Waals surface area contributed by atoms with E-state index in [0.717, 1.165) is 48.0 Å². The normalized spacial score (nSPS) is 13.9. The number of nitrogens with one attached hydrogen (secondary N) is 2. The van der Waals surface area contributed by atoms with E-state index >= 15 is 0 Å². The van der Waals surface area contributed by atoms with Gasteiger partial charge in [-0.05, 0) is 49.2 Å². The number of halogens is 6. The van der Waals surface area contributed by atoms with Crippen molar-refractivity contribution in [2.45, 2.75) is 52.1 Å². The van der Waals surface area contributed by atoms with Crippen LogP contribution in [0.1, 0.15) is 48.9 Å². The van der Waals surface area contributed by atoms with E-state index in [1.165, 1.54) is 5.12 Å². The van der Waals surface area contributed by atoms with Gasteiger partial charge >= 0.3 is 12.4 Å². The van der Waals surface area contributed by atoms with Crippen LogP contribution >= 0.6 is 0 Å². The molecule has 13 heteroatoms. The molecule has 0 bridgehead atoms. The van der Waals surface area contributed by atoms with Gasteiger partial charge in [-0.1, -0.05) is 31.5 Å². The molecule has 0 amide bonds. The zero-order chi connectivity index (χ0) is 29.1. The number of aromatic nitrogens is 1. The average Bonchev–Trinajstić information content (AvgIpc) is 3.33. The van der Waals surface area contributed by atoms with Crippen molar-refractivity contribution in [1.29, 1.82) is 0 Å². The largest absolute Gasteiger partial charge is 0.416 e. The minimum Gasteiger partial charge on any atom is -0.357 e. The van der Waals surface area contributed by atoms with Crippen LogP contribution in [0, 0.1) is 0 Å². The number of anilines is 1. The van der Waals surface area contributed by atoms with Crippen LogP contribution in [-0.4, -0.2) is 41.1 Å². The first-order valence-corrected chi connectivity index (χ1v) is 12.9. The van der Waals surface area contributed by atoms with Crippen molar-refractivity contribution < 1.29 is 26.3 Å². The number of para-hydroxylation sites is 1. The first kappa shape index (κ1) is 29.2. The Labute approximate surface area is 228 Å². The number of hydrogen-bond acceptors (Lipinski definition) is 7. The lowest BCUT2D eigenvalue weighted by Gasteiger charge is -2.29. The van der Waals surface area contributed by atoms with E-state index < -0.39 is 23.5 Å². The third-order valence-corrected chi connectivity index (χ3v) is 6.50. The van der Waals surface area contributed by atoms with E-state index in [-0.39, 0.29) is 30.7 Å². The third kappa shape index (κ3) is 6.87. The highest BCUT2D eigenvalue weighted by Crippen LogP contribution is 2.37. The van der Waals surface area contributed by atoms with E-state index in [4.69, 9.17) is 4.98 Å². The van der Waals surface area contributed by atoms with Crippen molar-refractivity contribution in [2.24, 2.45) is 5.10 Å². The Hall–Kier alpha value is -3.74. The fourth-order valence-electron chi connectivity index (χ4n) is 4.51. The van der Waals surface area contributed by atoms with Gasteiger partial charge < -0.3 is 9.80 Å². The maximum absolute atomic E-state index is 13.6. The zero-order valence-electron chi connectivity index (χ0n) is 22.4. The molecular weight excluding hydrogens is 536 g/mol. The van der Waals surface area contributed by atoms with Gasteiger partial charge in [0.1, 0.15) is 5.82 Å². The quantitative estimate of drug-likeness (QED) is 0.304. The molecule has 3 aromatic rings. The van der Waals surface area contributed by atoms with Crippen molar-refractivity contribution >= 4 is 22.7 Å². The molecular formula is C27H31F6N7. The number of nitrogens with zero attached hydrogens (tertiary/aromatic N) is 5. The number of fused-ring (bicyclic) bond motifs is 1. The number of alkyl halides is 6. The molecule has 0 saturated heterocycles. The summed E-state index contributed by atoms with van der Waals surface area (Å²) in [5, 5.41) is 6.52. The Kier molecular flexibility index (Phi) is 8.62.